The van der Waals surface area contributed by atoms with Crippen LogP contribution < -0.4 is 4.72 Å². The van der Waals surface area contributed by atoms with Gasteiger partial charge in [0.1, 0.15) is 5.82 Å². The molecule has 1 atom stereocenters. The summed E-state index contributed by atoms with van der Waals surface area (Å²) in [6.07, 6.45) is 8.66. The minimum Gasteiger partial charge on any atom is -0.301 e. The van der Waals surface area contributed by atoms with Gasteiger partial charge in [0, 0.05) is 35.3 Å². The van der Waals surface area contributed by atoms with Crippen LogP contribution in [0.3, 0.4) is 0 Å². The standard InChI is InChI=1S/C23H25ClN4O3S/c1-4-19(13-16-5-6-16)32(30,31)26-22(29)10-8-20-15(2)25-27(3)23(20)28-12-11-17-14-18(24)7-9-21(17)28/h4,7-12,14,16,19H,1,5-6,13H2,2-3H3,(H,26,29)/b10-8+. The lowest BCUT2D eigenvalue weighted by molar-refractivity contribution is -0.114. The molecule has 0 bridgehead atoms. The number of benzene rings is 1. The van der Waals surface area contributed by atoms with Gasteiger partial charge in [0.15, 0.2) is 0 Å². The lowest BCUT2D eigenvalue weighted by atomic mass is 10.2. The summed E-state index contributed by atoms with van der Waals surface area (Å²) < 4.78 is 31.0. The summed E-state index contributed by atoms with van der Waals surface area (Å²) in [6, 6.07) is 7.56. The summed E-state index contributed by atoms with van der Waals surface area (Å²) in [5.41, 5.74) is 2.36. The molecule has 1 aliphatic rings. The molecular weight excluding hydrogens is 448 g/mol. The minimum absolute atomic E-state index is 0.395. The Morgan fingerprint density at radius 1 is 1.38 bits per heavy atom. The van der Waals surface area contributed by atoms with E-state index in [0.29, 0.717) is 28.6 Å². The predicted octanol–water partition coefficient (Wildman–Crippen LogP) is 4.14. The Morgan fingerprint density at radius 2 is 2.12 bits per heavy atom. The number of amides is 1. The largest absolute Gasteiger partial charge is 0.301 e. The molecule has 7 nitrogen and oxygen atoms in total. The molecule has 0 aliphatic heterocycles. The molecule has 0 spiro atoms. The van der Waals surface area contributed by atoms with Crippen molar-refractivity contribution in [2.45, 2.75) is 31.4 Å². The Bertz CT molecular complexity index is 1330. The number of aryl methyl sites for hydroxylation is 2. The molecule has 0 saturated heterocycles. The number of carbonyl (C=O) groups excluding carboxylic acids is 1. The van der Waals surface area contributed by atoms with Crippen molar-refractivity contribution in [3.05, 3.63) is 65.5 Å². The maximum Gasteiger partial charge on any atom is 0.257 e. The summed E-state index contributed by atoms with van der Waals surface area (Å²) in [6.45, 7) is 5.46. The molecule has 0 radical (unpaired) electrons. The Hall–Kier alpha value is -2.84. The van der Waals surface area contributed by atoms with E-state index in [0.717, 1.165) is 29.6 Å². The summed E-state index contributed by atoms with van der Waals surface area (Å²) >= 11 is 6.10. The van der Waals surface area contributed by atoms with Crippen LogP contribution in [0.1, 0.15) is 30.5 Å². The molecule has 1 aromatic carbocycles. The zero-order valence-corrected chi connectivity index (χ0v) is 19.5. The average Bonchev–Trinajstić information content (AvgIpc) is 3.39. The first kappa shape index (κ1) is 22.4. The molecule has 4 rings (SSSR count). The molecule has 1 fully saturated rings. The SMILES string of the molecule is C=CC(CC1CC1)S(=O)(=O)NC(=O)/C=C/c1c(C)nn(C)c1-n1ccc2cc(Cl)ccc21. The molecule has 1 N–H and O–H groups in total. The van der Waals surface area contributed by atoms with Gasteiger partial charge in [0.25, 0.3) is 5.91 Å². The van der Waals surface area contributed by atoms with E-state index in [9.17, 15) is 13.2 Å². The molecular formula is C23H25ClN4O3S. The fraction of sp³-hybridized carbons (Fsp3) is 0.304. The number of sulfonamides is 1. The Morgan fingerprint density at radius 3 is 2.81 bits per heavy atom. The van der Waals surface area contributed by atoms with Gasteiger partial charge in [-0.05, 0) is 49.6 Å². The van der Waals surface area contributed by atoms with Gasteiger partial charge in [0.05, 0.1) is 16.5 Å². The summed E-state index contributed by atoms with van der Waals surface area (Å²) in [5, 5.41) is 5.32. The van der Waals surface area contributed by atoms with E-state index in [1.165, 1.54) is 12.2 Å². The van der Waals surface area contributed by atoms with E-state index in [2.05, 4.69) is 16.4 Å². The van der Waals surface area contributed by atoms with Gasteiger partial charge >= 0.3 is 0 Å². The maximum atomic E-state index is 12.6. The van der Waals surface area contributed by atoms with Crippen LogP contribution in [0.5, 0.6) is 0 Å². The Labute approximate surface area is 192 Å². The van der Waals surface area contributed by atoms with Crippen LogP contribution in [0.2, 0.25) is 5.02 Å². The highest BCUT2D eigenvalue weighted by atomic mass is 35.5. The third-order valence-electron chi connectivity index (χ3n) is 5.69. The summed E-state index contributed by atoms with van der Waals surface area (Å²) in [7, 11) is -2.01. The Kier molecular flexibility index (Phi) is 6.01. The zero-order valence-electron chi connectivity index (χ0n) is 18.0. The fourth-order valence-corrected chi connectivity index (χ4v) is 5.34. The molecule has 1 saturated carbocycles. The van der Waals surface area contributed by atoms with E-state index < -0.39 is 21.2 Å². The Balaban J connectivity index is 1.60. The molecule has 1 unspecified atom stereocenters. The van der Waals surface area contributed by atoms with Gasteiger partial charge in [-0.2, -0.15) is 5.10 Å². The average molecular weight is 473 g/mol. The van der Waals surface area contributed by atoms with Crippen LogP contribution in [-0.4, -0.2) is 33.9 Å². The number of carbonyl (C=O) groups is 1. The van der Waals surface area contributed by atoms with Gasteiger partial charge in [-0.15, -0.1) is 6.58 Å². The lowest BCUT2D eigenvalue weighted by Crippen LogP contribution is -2.36. The number of hydrogen-bond acceptors (Lipinski definition) is 4. The van der Waals surface area contributed by atoms with E-state index >= 15 is 0 Å². The first-order valence-corrected chi connectivity index (χ1v) is 12.3. The van der Waals surface area contributed by atoms with Crippen LogP contribution >= 0.6 is 11.6 Å². The van der Waals surface area contributed by atoms with Crippen LogP contribution in [0.4, 0.5) is 0 Å². The zero-order chi connectivity index (χ0) is 23.0. The monoisotopic (exact) mass is 472 g/mol. The predicted molar refractivity (Wildman–Crippen MR) is 127 cm³/mol. The van der Waals surface area contributed by atoms with Crippen molar-refractivity contribution >= 4 is 44.5 Å². The third-order valence-corrected chi connectivity index (χ3v) is 7.59. The third kappa shape index (κ3) is 4.52. The number of nitrogens with one attached hydrogen (secondary N) is 1. The minimum atomic E-state index is -3.83. The highest BCUT2D eigenvalue weighted by Crippen LogP contribution is 2.35. The van der Waals surface area contributed by atoms with E-state index in [1.807, 2.05) is 49.0 Å². The number of rotatable bonds is 8. The second-order valence-electron chi connectivity index (χ2n) is 8.13. The van der Waals surface area contributed by atoms with E-state index in [4.69, 9.17) is 11.6 Å². The number of halogens is 1. The second-order valence-corrected chi connectivity index (χ2v) is 10.5. The molecule has 1 amide bonds. The van der Waals surface area contributed by atoms with E-state index in [-0.39, 0.29) is 0 Å². The number of nitrogens with zero attached hydrogens (tertiary/aromatic N) is 3. The smallest absolute Gasteiger partial charge is 0.257 e. The highest BCUT2D eigenvalue weighted by molar-refractivity contribution is 7.90. The second kappa shape index (κ2) is 8.60. The molecule has 3 aromatic rings. The molecule has 2 heterocycles. The van der Waals surface area contributed by atoms with Crippen LogP contribution in [0.25, 0.3) is 22.8 Å². The van der Waals surface area contributed by atoms with Gasteiger partial charge in [-0.1, -0.05) is 30.5 Å². The van der Waals surface area contributed by atoms with Crippen molar-refractivity contribution in [1.29, 1.82) is 0 Å². The first-order valence-electron chi connectivity index (χ1n) is 10.4. The maximum absolute atomic E-state index is 12.6. The van der Waals surface area contributed by atoms with Crippen LogP contribution in [0, 0.1) is 12.8 Å². The summed E-state index contributed by atoms with van der Waals surface area (Å²) in [4.78, 5) is 12.5. The van der Waals surface area contributed by atoms with Gasteiger partial charge < -0.3 is 4.57 Å². The van der Waals surface area contributed by atoms with Crippen LogP contribution in [-0.2, 0) is 21.9 Å². The molecule has 2 aromatic heterocycles. The molecule has 32 heavy (non-hydrogen) atoms. The van der Waals surface area contributed by atoms with Gasteiger partial charge in [-0.3, -0.25) is 9.48 Å². The number of aromatic nitrogens is 3. The lowest BCUT2D eigenvalue weighted by Gasteiger charge is -2.13. The van der Waals surface area contributed by atoms with E-state index in [1.54, 1.807) is 10.8 Å². The number of hydrogen-bond donors (Lipinski definition) is 1. The van der Waals surface area contributed by atoms with Crippen molar-refractivity contribution in [2.75, 3.05) is 0 Å². The van der Waals surface area contributed by atoms with Crippen molar-refractivity contribution < 1.29 is 13.2 Å². The van der Waals surface area contributed by atoms with Gasteiger partial charge in [0.2, 0.25) is 10.0 Å². The quantitative estimate of drug-likeness (QED) is 0.394. The molecule has 9 heteroatoms. The highest BCUT2D eigenvalue weighted by Gasteiger charge is 2.31. The van der Waals surface area contributed by atoms with Gasteiger partial charge in [-0.25, -0.2) is 13.1 Å². The van der Waals surface area contributed by atoms with Crippen molar-refractivity contribution in [2.24, 2.45) is 13.0 Å². The summed E-state index contributed by atoms with van der Waals surface area (Å²) in [5.74, 6) is 0.447. The topological polar surface area (TPSA) is 86.0 Å². The van der Waals surface area contributed by atoms with Crippen molar-refractivity contribution in [3.8, 4) is 5.82 Å². The number of fused-ring (bicyclic) bond motifs is 1. The van der Waals surface area contributed by atoms with Crippen molar-refractivity contribution in [1.82, 2.24) is 19.1 Å². The normalized spacial score (nSPS) is 15.3. The molecule has 1 aliphatic carbocycles. The fourth-order valence-electron chi connectivity index (χ4n) is 3.88. The first-order chi connectivity index (χ1) is 15.2. The molecule has 168 valence electrons. The van der Waals surface area contributed by atoms with Crippen molar-refractivity contribution in [3.63, 3.8) is 0 Å². The van der Waals surface area contributed by atoms with Crippen LogP contribution in [0.15, 0.2) is 49.2 Å².